The first-order chi connectivity index (χ1) is 13.6. The van der Waals surface area contributed by atoms with Gasteiger partial charge in [0.2, 0.25) is 0 Å². The highest BCUT2D eigenvalue weighted by Gasteiger charge is 2.15. The Hall–Kier alpha value is -2.88. The number of aryl methyl sites for hydroxylation is 1. The Kier molecular flexibility index (Phi) is 6.64. The van der Waals surface area contributed by atoms with Crippen molar-refractivity contribution in [2.45, 2.75) is 33.3 Å². The van der Waals surface area contributed by atoms with Crippen LogP contribution in [0.5, 0.6) is 11.5 Å². The van der Waals surface area contributed by atoms with Crippen molar-refractivity contribution in [1.29, 1.82) is 0 Å². The molecule has 0 bridgehead atoms. The summed E-state index contributed by atoms with van der Waals surface area (Å²) in [5.74, 6) is 0.411. The average molecular weight is 382 g/mol. The maximum Gasteiger partial charge on any atom is 0.387 e. The molecular weight excluding hydrogens is 358 g/mol. The van der Waals surface area contributed by atoms with E-state index >= 15 is 0 Å². The second-order valence-electron chi connectivity index (χ2n) is 6.44. The molecule has 4 heteroatoms. The van der Waals surface area contributed by atoms with E-state index in [0.717, 1.165) is 29.4 Å². The van der Waals surface area contributed by atoms with Gasteiger partial charge >= 0.3 is 6.61 Å². The summed E-state index contributed by atoms with van der Waals surface area (Å²) in [6, 6.07) is 17.7. The normalized spacial score (nSPS) is 11.5. The molecule has 0 amide bonds. The maximum atomic E-state index is 12.9. The van der Waals surface area contributed by atoms with Gasteiger partial charge in [0.25, 0.3) is 0 Å². The summed E-state index contributed by atoms with van der Waals surface area (Å²) in [4.78, 5) is 0. The molecule has 0 aliphatic rings. The highest BCUT2D eigenvalue weighted by atomic mass is 19.3. The Bertz CT molecular complexity index is 947. The molecule has 2 nitrogen and oxygen atoms in total. The Labute approximate surface area is 164 Å². The van der Waals surface area contributed by atoms with Gasteiger partial charge in [-0.1, -0.05) is 48.6 Å². The van der Waals surface area contributed by atoms with Crippen LogP contribution < -0.4 is 9.47 Å². The number of rotatable bonds is 8. The van der Waals surface area contributed by atoms with Crippen molar-refractivity contribution in [1.82, 2.24) is 0 Å². The van der Waals surface area contributed by atoms with Crippen LogP contribution in [0.2, 0.25) is 0 Å². The van der Waals surface area contributed by atoms with Gasteiger partial charge in [-0.25, -0.2) is 0 Å². The molecule has 0 heterocycles. The van der Waals surface area contributed by atoms with Crippen molar-refractivity contribution in [2.24, 2.45) is 0 Å². The van der Waals surface area contributed by atoms with Crippen molar-refractivity contribution < 1.29 is 18.3 Å². The standard InChI is InChI=1S/C24H24F2O2/c1-3-5-6-7-17-8-10-18(11-9-17)19-12-14-21-20(16-19)13-15-22(27-4-2)23(21)28-24(25)26/h3,5,8-16,24H,4,6-7H2,1-2H3/b5-3+. The highest BCUT2D eigenvalue weighted by molar-refractivity contribution is 5.93. The van der Waals surface area contributed by atoms with Crippen LogP contribution >= 0.6 is 0 Å². The Morgan fingerprint density at radius 3 is 2.39 bits per heavy atom. The quantitative estimate of drug-likeness (QED) is 0.390. The van der Waals surface area contributed by atoms with Crippen LogP contribution in [0, 0.1) is 0 Å². The summed E-state index contributed by atoms with van der Waals surface area (Å²) < 4.78 is 36.0. The minimum Gasteiger partial charge on any atom is -0.490 e. The Morgan fingerprint density at radius 1 is 0.964 bits per heavy atom. The molecule has 3 aromatic carbocycles. The van der Waals surface area contributed by atoms with Gasteiger partial charge in [0, 0.05) is 5.39 Å². The zero-order valence-corrected chi connectivity index (χ0v) is 16.1. The fourth-order valence-corrected chi connectivity index (χ4v) is 3.22. The van der Waals surface area contributed by atoms with Crippen molar-refractivity contribution in [3.63, 3.8) is 0 Å². The van der Waals surface area contributed by atoms with Crippen LogP contribution in [0.25, 0.3) is 21.9 Å². The second-order valence-corrected chi connectivity index (χ2v) is 6.44. The van der Waals surface area contributed by atoms with E-state index in [4.69, 9.17) is 9.47 Å². The molecule has 0 unspecified atom stereocenters. The third-order valence-electron chi connectivity index (χ3n) is 4.56. The molecule has 0 spiro atoms. The Morgan fingerprint density at radius 2 is 1.71 bits per heavy atom. The number of benzene rings is 3. The van der Waals surface area contributed by atoms with Crippen LogP contribution in [-0.4, -0.2) is 13.2 Å². The van der Waals surface area contributed by atoms with E-state index in [9.17, 15) is 8.78 Å². The number of hydrogen-bond donors (Lipinski definition) is 0. The predicted molar refractivity (Wildman–Crippen MR) is 110 cm³/mol. The van der Waals surface area contributed by atoms with E-state index in [0.29, 0.717) is 17.7 Å². The van der Waals surface area contributed by atoms with Gasteiger partial charge in [0.1, 0.15) is 0 Å². The van der Waals surface area contributed by atoms with Gasteiger partial charge in [-0.05, 0) is 67.0 Å². The first-order valence-electron chi connectivity index (χ1n) is 9.47. The van der Waals surface area contributed by atoms with Crippen LogP contribution in [0.4, 0.5) is 8.78 Å². The van der Waals surface area contributed by atoms with E-state index in [1.807, 2.05) is 38.1 Å². The number of allylic oxidation sites excluding steroid dienone is 2. The average Bonchev–Trinajstić information content (AvgIpc) is 2.70. The van der Waals surface area contributed by atoms with E-state index in [2.05, 4.69) is 36.4 Å². The summed E-state index contributed by atoms with van der Waals surface area (Å²) in [5.41, 5.74) is 3.40. The zero-order chi connectivity index (χ0) is 19.9. The molecule has 0 saturated heterocycles. The molecule has 0 atom stereocenters. The summed E-state index contributed by atoms with van der Waals surface area (Å²) in [6.45, 7) is 1.31. The van der Waals surface area contributed by atoms with Gasteiger partial charge in [-0.3, -0.25) is 0 Å². The molecule has 146 valence electrons. The third-order valence-corrected chi connectivity index (χ3v) is 4.56. The number of fused-ring (bicyclic) bond motifs is 1. The zero-order valence-electron chi connectivity index (χ0n) is 16.1. The largest absolute Gasteiger partial charge is 0.490 e. The molecule has 0 aliphatic carbocycles. The summed E-state index contributed by atoms with van der Waals surface area (Å²) in [7, 11) is 0. The van der Waals surface area contributed by atoms with Crippen molar-refractivity contribution >= 4 is 10.8 Å². The minimum absolute atomic E-state index is 0.0835. The molecule has 3 aromatic rings. The molecule has 0 N–H and O–H groups in total. The lowest BCUT2D eigenvalue weighted by atomic mass is 9.99. The monoisotopic (exact) mass is 382 g/mol. The molecule has 0 radical (unpaired) electrons. The highest BCUT2D eigenvalue weighted by Crippen LogP contribution is 2.38. The third kappa shape index (κ3) is 4.69. The van der Waals surface area contributed by atoms with E-state index in [1.54, 1.807) is 6.07 Å². The lowest BCUT2D eigenvalue weighted by Gasteiger charge is -2.14. The number of ether oxygens (including phenoxy) is 2. The predicted octanol–water partition coefficient (Wildman–Crippen LogP) is 7.02. The van der Waals surface area contributed by atoms with Crippen molar-refractivity contribution in [3.05, 3.63) is 72.3 Å². The topological polar surface area (TPSA) is 18.5 Å². The molecule has 0 aromatic heterocycles. The molecule has 0 saturated carbocycles. The summed E-state index contributed by atoms with van der Waals surface area (Å²) >= 11 is 0. The number of alkyl halides is 2. The van der Waals surface area contributed by atoms with Gasteiger partial charge in [-0.2, -0.15) is 8.78 Å². The molecule has 28 heavy (non-hydrogen) atoms. The fraction of sp³-hybridized carbons (Fsp3) is 0.250. The van der Waals surface area contributed by atoms with Crippen molar-refractivity contribution in [2.75, 3.05) is 6.61 Å². The number of halogens is 2. The van der Waals surface area contributed by atoms with Gasteiger partial charge in [0.15, 0.2) is 11.5 Å². The first kappa shape index (κ1) is 19.9. The summed E-state index contributed by atoms with van der Waals surface area (Å²) in [5, 5.41) is 1.44. The smallest absolute Gasteiger partial charge is 0.387 e. The minimum atomic E-state index is -2.90. The lowest BCUT2D eigenvalue weighted by Crippen LogP contribution is -2.05. The maximum absolute atomic E-state index is 12.9. The lowest BCUT2D eigenvalue weighted by molar-refractivity contribution is -0.0503. The van der Waals surface area contributed by atoms with E-state index in [-0.39, 0.29) is 5.75 Å². The molecule has 0 aliphatic heterocycles. The second kappa shape index (κ2) is 9.36. The molecule has 0 fully saturated rings. The molecule has 3 rings (SSSR count). The first-order valence-corrected chi connectivity index (χ1v) is 9.47. The van der Waals surface area contributed by atoms with Crippen LogP contribution in [-0.2, 0) is 6.42 Å². The van der Waals surface area contributed by atoms with Crippen LogP contribution in [0.3, 0.4) is 0 Å². The van der Waals surface area contributed by atoms with Crippen LogP contribution in [0.15, 0.2) is 66.7 Å². The van der Waals surface area contributed by atoms with Gasteiger partial charge < -0.3 is 9.47 Å². The SMILES string of the molecule is C/C=C/CCc1ccc(-c2ccc3c(OC(F)F)c(OCC)ccc3c2)cc1. The fourth-order valence-electron chi connectivity index (χ4n) is 3.22. The van der Waals surface area contributed by atoms with Gasteiger partial charge in [0.05, 0.1) is 6.61 Å². The van der Waals surface area contributed by atoms with E-state index < -0.39 is 6.61 Å². The number of hydrogen-bond acceptors (Lipinski definition) is 2. The van der Waals surface area contributed by atoms with E-state index in [1.165, 1.54) is 5.56 Å². The van der Waals surface area contributed by atoms with Gasteiger partial charge in [-0.15, -0.1) is 0 Å². The molecular formula is C24H24F2O2. The summed E-state index contributed by atoms with van der Waals surface area (Å²) in [6.07, 6.45) is 6.26. The van der Waals surface area contributed by atoms with Crippen molar-refractivity contribution in [3.8, 4) is 22.6 Å². The Balaban J connectivity index is 1.92. The van der Waals surface area contributed by atoms with Crippen LogP contribution in [0.1, 0.15) is 25.8 Å².